The van der Waals surface area contributed by atoms with Gasteiger partial charge in [-0.1, -0.05) is 64.2 Å². The van der Waals surface area contributed by atoms with Gasteiger partial charge in [0.25, 0.3) is 0 Å². The van der Waals surface area contributed by atoms with Crippen molar-refractivity contribution < 1.29 is 0 Å². The molecule has 5 aromatic carbocycles. The second-order valence-electron chi connectivity index (χ2n) is 7.44. The number of aryl methyl sites for hydroxylation is 2. The monoisotopic (exact) mass is 460 g/mol. The fourth-order valence-corrected chi connectivity index (χ4v) is 7.36. The average molecular weight is 462 g/mol. The molecule has 140 valence electrons. The van der Waals surface area contributed by atoms with Gasteiger partial charge in [0.15, 0.2) is 0 Å². The maximum Gasteiger partial charge on any atom is 0.0526 e. The molecule has 0 amide bonds. The van der Waals surface area contributed by atoms with Crippen molar-refractivity contribution in [3.63, 3.8) is 0 Å². The third kappa shape index (κ3) is 2.32. The highest BCUT2D eigenvalue weighted by molar-refractivity contribution is 6.60. The number of hydrogen-bond acceptors (Lipinski definition) is 0. The van der Waals surface area contributed by atoms with Gasteiger partial charge in [0.1, 0.15) is 0 Å². The molecule has 0 atom stereocenters. The third-order valence-electron chi connectivity index (χ3n) is 5.88. The standard InChI is InChI=1S/C23H16Cl4Si/c1-9-6-13(25)20-18-11(9)4-5-12(24)19(18)22-15(27)8-16(28-3)17-10(2)7-14(26)21(20)23(17)22/h4-8H,28H2,1-3H3. The second kappa shape index (κ2) is 6.39. The lowest BCUT2D eigenvalue weighted by molar-refractivity contribution is 1.54. The fourth-order valence-electron chi connectivity index (χ4n) is 4.74. The molecular weight excluding hydrogens is 446 g/mol. The maximum atomic E-state index is 6.89. The summed E-state index contributed by atoms with van der Waals surface area (Å²) in [5, 5.41) is 12.6. The van der Waals surface area contributed by atoms with E-state index in [1.807, 2.05) is 12.1 Å². The van der Waals surface area contributed by atoms with Crippen molar-refractivity contribution in [1.29, 1.82) is 0 Å². The lowest BCUT2D eigenvalue weighted by Gasteiger charge is -2.21. The summed E-state index contributed by atoms with van der Waals surface area (Å²) in [6.45, 7) is 6.46. The Morgan fingerprint density at radius 2 is 1.11 bits per heavy atom. The molecule has 0 bridgehead atoms. The summed E-state index contributed by atoms with van der Waals surface area (Å²) in [5.74, 6) is 0. The van der Waals surface area contributed by atoms with Gasteiger partial charge in [-0.15, -0.1) is 0 Å². The first-order valence-electron chi connectivity index (χ1n) is 9.21. The van der Waals surface area contributed by atoms with Gasteiger partial charge in [-0.3, -0.25) is 0 Å². The molecule has 0 heterocycles. The van der Waals surface area contributed by atoms with Crippen LogP contribution in [0, 0.1) is 13.8 Å². The molecule has 0 nitrogen and oxygen atoms in total. The van der Waals surface area contributed by atoms with Gasteiger partial charge < -0.3 is 0 Å². The Hall–Kier alpha value is -1.22. The minimum absolute atomic E-state index is 0.447. The van der Waals surface area contributed by atoms with Crippen molar-refractivity contribution in [3.05, 3.63) is 61.5 Å². The Labute approximate surface area is 185 Å². The maximum absolute atomic E-state index is 6.89. The minimum Gasteiger partial charge on any atom is -0.0836 e. The zero-order valence-corrected chi connectivity index (χ0v) is 20.0. The van der Waals surface area contributed by atoms with Crippen LogP contribution >= 0.6 is 46.4 Å². The lowest BCUT2D eigenvalue weighted by atomic mass is 9.87. The predicted octanol–water partition coefficient (Wildman–Crippen LogP) is 7.81. The van der Waals surface area contributed by atoms with Crippen molar-refractivity contribution in [2.24, 2.45) is 0 Å². The Morgan fingerprint density at radius 3 is 1.75 bits per heavy atom. The highest BCUT2D eigenvalue weighted by Gasteiger charge is 2.23. The summed E-state index contributed by atoms with van der Waals surface area (Å²) in [6.07, 6.45) is 0. The molecule has 0 radical (unpaired) electrons. The van der Waals surface area contributed by atoms with Gasteiger partial charge in [-0.2, -0.15) is 0 Å². The van der Waals surface area contributed by atoms with Crippen LogP contribution < -0.4 is 5.19 Å². The molecule has 28 heavy (non-hydrogen) atoms. The smallest absolute Gasteiger partial charge is 0.0526 e. The number of benzene rings is 5. The van der Waals surface area contributed by atoms with Crippen LogP contribution in [0.1, 0.15) is 11.1 Å². The van der Waals surface area contributed by atoms with Gasteiger partial charge in [0.05, 0.1) is 9.52 Å². The molecule has 0 spiro atoms. The third-order valence-corrected chi connectivity index (χ3v) is 8.41. The second-order valence-corrected chi connectivity index (χ2v) is 10.5. The molecule has 0 unspecified atom stereocenters. The van der Waals surface area contributed by atoms with Crippen LogP contribution in [0.15, 0.2) is 30.3 Å². The van der Waals surface area contributed by atoms with E-state index in [0.717, 1.165) is 48.3 Å². The highest BCUT2D eigenvalue weighted by Crippen LogP contribution is 2.50. The van der Waals surface area contributed by atoms with E-state index in [0.29, 0.717) is 15.1 Å². The van der Waals surface area contributed by atoms with Crippen LogP contribution in [0.5, 0.6) is 0 Å². The lowest BCUT2D eigenvalue weighted by Crippen LogP contribution is -2.13. The topological polar surface area (TPSA) is 0 Å². The largest absolute Gasteiger partial charge is 0.0836 e. The average Bonchev–Trinajstić information content (AvgIpc) is 2.64. The molecule has 0 N–H and O–H groups in total. The summed E-state index contributed by atoms with van der Waals surface area (Å²) >= 11 is 27.3. The summed E-state index contributed by atoms with van der Waals surface area (Å²) in [7, 11) is -0.447. The molecule has 0 saturated carbocycles. The number of rotatable bonds is 1. The van der Waals surface area contributed by atoms with Crippen LogP contribution in [-0.2, 0) is 0 Å². The molecule has 5 heteroatoms. The number of hydrogen-bond donors (Lipinski definition) is 0. The summed E-state index contributed by atoms with van der Waals surface area (Å²) in [4.78, 5) is 0. The molecule has 0 saturated heterocycles. The van der Waals surface area contributed by atoms with E-state index in [9.17, 15) is 0 Å². The van der Waals surface area contributed by atoms with Crippen molar-refractivity contribution in [2.45, 2.75) is 20.4 Å². The van der Waals surface area contributed by atoms with Crippen molar-refractivity contribution >= 4 is 104 Å². The van der Waals surface area contributed by atoms with E-state index in [1.54, 1.807) is 0 Å². The molecule has 0 aliphatic carbocycles. The van der Waals surface area contributed by atoms with Gasteiger partial charge >= 0.3 is 0 Å². The highest BCUT2D eigenvalue weighted by atomic mass is 35.5. The molecule has 0 aliphatic heterocycles. The first-order chi connectivity index (χ1) is 13.3. The molecule has 5 rings (SSSR count). The molecular formula is C23H16Cl4Si. The number of fused-ring (bicyclic) bond motifs is 2. The zero-order chi connectivity index (χ0) is 19.9. The van der Waals surface area contributed by atoms with Gasteiger partial charge in [-0.05, 0) is 60.0 Å². The van der Waals surface area contributed by atoms with Crippen LogP contribution in [0.4, 0.5) is 0 Å². The Bertz CT molecular complexity index is 1430. The molecule has 0 aromatic heterocycles. The van der Waals surface area contributed by atoms with Crippen LogP contribution in [0.3, 0.4) is 0 Å². The van der Waals surface area contributed by atoms with Crippen molar-refractivity contribution in [2.75, 3.05) is 0 Å². The molecule has 0 aliphatic rings. The van der Waals surface area contributed by atoms with E-state index in [2.05, 4.69) is 38.6 Å². The summed E-state index contributed by atoms with van der Waals surface area (Å²) in [6, 6.07) is 10.2. The molecule has 0 fully saturated rings. The van der Waals surface area contributed by atoms with E-state index in [1.165, 1.54) is 16.1 Å². The Balaban J connectivity index is 2.34. The Kier molecular flexibility index (Phi) is 4.28. The normalized spacial score (nSPS) is 12.7. The van der Waals surface area contributed by atoms with E-state index in [4.69, 9.17) is 46.4 Å². The predicted molar refractivity (Wildman–Crippen MR) is 131 cm³/mol. The van der Waals surface area contributed by atoms with E-state index < -0.39 is 9.52 Å². The first-order valence-corrected chi connectivity index (χ1v) is 12.8. The van der Waals surface area contributed by atoms with Gasteiger partial charge in [0.2, 0.25) is 0 Å². The SMILES string of the molecule is C[SiH2]c1cc(Cl)c2c3c(Cl)ccc4c(C)cc(Cl)c(c5c(Cl)cc(C)c1c52)c43. The van der Waals surface area contributed by atoms with Gasteiger partial charge in [0, 0.05) is 52.4 Å². The quantitative estimate of drug-likeness (QED) is 0.135. The van der Waals surface area contributed by atoms with E-state index >= 15 is 0 Å². The summed E-state index contributed by atoms with van der Waals surface area (Å²) in [5.41, 5.74) is 2.28. The van der Waals surface area contributed by atoms with Crippen molar-refractivity contribution in [1.82, 2.24) is 0 Å². The van der Waals surface area contributed by atoms with Crippen molar-refractivity contribution in [3.8, 4) is 0 Å². The molecule has 5 aromatic rings. The first kappa shape index (κ1) is 18.8. The van der Waals surface area contributed by atoms with E-state index in [-0.39, 0.29) is 0 Å². The zero-order valence-electron chi connectivity index (χ0n) is 15.6. The van der Waals surface area contributed by atoms with Crippen LogP contribution in [-0.4, -0.2) is 9.52 Å². The van der Waals surface area contributed by atoms with Crippen LogP contribution in [0.25, 0.3) is 43.1 Å². The summed E-state index contributed by atoms with van der Waals surface area (Å²) < 4.78 is 0. The number of halogens is 4. The Morgan fingerprint density at radius 1 is 0.571 bits per heavy atom. The minimum atomic E-state index is -0.447. The van der Waals surface area contributed by atoms with Crippen LogP contribution in [0.2, 0.25) is 26.6 Å². The fraction of sp³-hybridized carbons (Fsp3) is 0.130. The van der Waals surface area contributed by atoms with Gasteiger partial charge in [-0.25, -0.2) is 0 Å².